The fourth-order valence-corrected chi connectivity index (χ4v) is 2.66. The van der Waals surface area contributed by atoms with Gasteiger partial charge >= 0.3 is 6.09 Å². The van der Waals surface area contributed by atoms with Gasteiger partial charge in [0.2, 0.25) is 0 Å². The monoisotopic (exact) mass is 283 g/mol. The van der Waals surface area contributed by atoms with Gasteiger partial charge in [0.25, 0.3) is 0 Å². The molecule has 1 saturated heterocycles. The van der Waals surface area contributed by atoms with Gasteiger partial charge in [0.1, 0.15) is 5.60 Å². The Labute approximate surface area is 118 Å². The summed E-state index contributed by atoms with van der Waals surface area (Å²) in [5.41, 5.74) is -0.438. The van der Waals surface area contributed by atoms with E-state index in [4.69, 9.17) is 4.74 Å². The fourth-order valence-electron chi connectivity index (χ4n) is 2.06. The van der Waals surface area contributed by atoms with Crippen LogP contribution in [0.3, 0.4) is 0 Å². The number of amides is 1. The second-order valence-electron chi connectivity index (χ2n) is 5.75. The van der Waals surface area contributed by atoms with E-state index in [2.05, 4.69) is 10.3 Å². The minimum atomic E-state index is -0.438. The lowest BCUT2D eigenvalue weighted by molar-refractivity contribution is 0.0206. The normalized spacial score (nSPS) is 20.2. The molecule has 0 bridgehead atoms. The Kier molecular flexibility index (Phi) is 4.29. The standard InChI is InChI=1S/C13H21N3O2S/c1-13(2,3)18-12(17)16-7-4-5-10(9-16)15-11-14-6-8-19-11/h6,8,10H,4-5,7,9H2,1-3H3,(H,14,15). The summed E-state index contributed by atoms with van der Waals surface area (Å²) in [5, 5.41) is 6.22. The zero-order valence-corrected chi connectivity index (χ0v) is 12.5. The van der Waals surface area contributed by atoms with Crippen LogP contribution < -0.4 is 5.32 Å². The van der Waals surface area contributed by atoms with Crippen LogP contribution in [0.5, 0.6) is 0 Å². The molecular weight excluding hydrogens is 262 g/mol. The molecule has 0 saturated carbocycles. The van der Waals surface area contributed by atoms with Crippen LogP contribution in [0.4, 0.5) is 9.93 Å². The van der Waals surface area contributed by atoms with E-state index in [-0.39, 0.29) is 12.1 Å². The van der Waals surface area contributed by atoms with Crippen LogP contribution >= 0.6 is 11.3 Å². The average Bonchev–Trinajstić information content (AvgIpc) is 2.80. The summed E-state index contributed by atoms with van der Waals surface area (Å²) in [7, 11) is 0. The number of nitrogens with zero attached hydrogens (tertiary/aromatic N) is 2. The molecule has 0 aromatic carbocycles. The molecule has 1 atom stereocenters. The number of hydrogen-bond donors (Lipinski definition) is 1. The SMILES string of the molecule is CC(C)(C)OC(=O)N1CCCC(Nc2nccs2)C1. The topological polar surface area (TPSA) is 54.5 Å². The molecule has 1 aliphatic rings. The number of nitrogens with one attached hydrogen (secondary N) is 1. The number of rotatable bonds is 2. The molecule has 0 spiro atoms. The number of thiazole rings is 1. The molecule has 19 heavy (non-hydrogen) atoms. The van der Waals surface area contributed by atoms with Crippen LogP contribution in [-0.4, -0.2) is 40.7 Å². The van der Waals surface area contributed by atoms with E-state index in [1.54, 1.807) is 22.4 Å². The summed E-state index contributed by atoms with van der Waals surface area (Å²) >= 11 is 1.58. The number of hydrogen-bond acceptors (Lipinski definition) is 5. The van der Waals surface area contributed by atoms with Gasteiger partial charge in [0, 0.05) is 30.7 Å². The number of aromatic nitrogens is 1. The molecule has 2 heterocycles. The first kappa shape index (κ1) is 14.1. The van der Waals surface area contributed by atoms with E-state index in [1.807, 2.05) is 26.2 Å². The molecule has 106 valence electrons. The van der Waals surface area contributed by atoms with E-state index in [0.29, 0.717) is 6.54 Å². The van der Waals surface area contributed by atoms with Gasteiger partial charge in [-0.25, -0.2) is 9.78 Å². The lowest BCUT2D eigenvalue weighted by Crippen LogP contribution is -2.46. The number of piperidine rings is 1. The molecule has 1 aliphatic heterocycles. The van der Waals surface area contributed by atoms with Crippen LogP contribution in [0.25, 0.3) is 0 Å². The van der Waals surface area contributed by atoms with Gasteiger partial charge in [-0.3, -0.25) is 0 Å². The summed E-state index contributed by atoms with van der Waals surface area (Å²) in [6.07, 6.45) is 3.60. The van der Waals surface area contributed by atoms with Gasteiger partial charge in [-0.2, -0.15) is 0 Å². The smallest absolute Gasteiger partial charge is 0.410 e. The molecule has 1 amide bonds. The Morgan fingerprint density at radius 3 is 3.00 bits per heavy atom. The lowest BCUT2D eigenvalue weighted by atomic mass is 10.1. The maximum Gasteiger partial charge on any atom is 0.410 e. The third kappa shape index (κ3) is 4.38. The molecule has 0 aliphatic carbocycles. The molecular formula is C13H21N3O2S. The number of likely N-dealkylation sites (tertiary alicyclic amines) is 1. The maximum absolute atomic E-state index is 12.0. The first-order chi connectivity index (χ1) is 8.94. The number of ether oxygens (including phenoxy) is 1. The van der Waals surface area contributed by atoms with Gasteiger partial charge in [-0.15, -0.1) is 11.3 Å². The van der Waals surface area contributed by atoms with Gasteiger partial charge in [0.15, 0.2) is 5.13 Å². The predicted molar refractivity (Wildman–Crippen MR) is 76.6 cm³/mol. The van der Waals surface area contributed by atoms with Gasteiger partial charge < -0.3 is 15.0 Å². The second-order valence-corrected chi connectivity index (χ2v) is 6.64. The first-order valence-electron chi connectivity index (χ1n) is 6.58. The highest BCUT2D eigenvalue weighted by Gasteiger charge is 2.27. The zero-order valence-electron chi connectivity index (χ0n) is 11.7. The number of carbonyl (C=O) groups is 1. The summed E-state index contributed by atoms with van der Waals surface area (Å²) < 4.78 is 5.41. The van der Waals surface area contributed by atoms with Crippen LogP contribution in [0.2, 0.25) is 0 Å². The predicted octanol–water partition coefficient (Wildman–Crippen LogP) is 2.95. The number of carbonyl (C=O) groups excluding carboxylic acids is 1. The van der Waals surface area contributed by atoms with E-state index >= 15 is 0 Å². The molecule has 1 aromatic heterocycles. The third-order valence-electron chi connectivity index (χ3n) is 2.83. The molecule has 5 nitrogen and oxygen atoms in total. The highest BCUT2D eigenvalue weighted by Crippen LogP contribution is 2.19. The summed E-state index contributed by atoms with van der Waals surface area (Å²) in [4.78, 5) is 18.0. The number of anilines is 1. The minimum absolute atomic E-state index is 0.224. The molecule has 1 unspecified atom stereocenters. The molecule has 2 rings (SSSR count). The Bertz CT molecular complexity index is 414. The van der Waals surface area contributed by atoms with Crippen molar-refractivity contribution in [1.82, 2.24) is 9.88 Å². The van der Waals surface area contributed by atoms with Crippen molar-refractivity contribution in [3.8, 4) is 0 Å². The largest absolute Gasteiger partial charge is 0.444 e. The highest BCUT2D eigenvalue weighted by atomic mass is 32.1. The Morgan fingerprint density at radius 2 is 2.37 bits per heavy atom. The molecule has 6 heteroatoms. The quantitative estimate of drug-likeness (QED) is 0.906. The van der Waals surface area contributed by atoms with Crippen molar-refractivity contribution in [2.45, 2.75) is 45.3 Å². The van der Waals surface area contributed by atoms with E-state index in [0.717, 1.165) is 24.5 Å². The highest BCUT2D eigenvalue weighted by molar-refractivity contribution is 7.13. The second kappa shape index (κ2) is 5.77. The van der Waals surface area contributed by atoms with Gasteiger partial charge in [-0.1, -0.05) is 0 Å². The van der Waals surface area contributed by atoms with Crippen LogP contribution in [0.1, 0.15) is 33.6 Å². The first-order valence-corrected chi connectivity index (χ1v) is 7.46. The van der Waals surface area contributed by atoms with Gasteiger partial charge in [0.05, 0.1) is 0 Å². The summed E-state index contributed by atoms with van der Waals surface area (Å²) in [6, 6.07) is 0.257. The van der Waals surface area contributed by atoms with Crippen molar-refractivity contribution >= 4 is 22.6 Å². The van der Waals surface area contributed by atoms with E-state index in [1.165, 1.54) is 0 Å². The van der Waals surface area contributed by atoms with Crippen molar-refractivity contribution < 1.29 is 9.53 Å². The molecule has 1 fully saturated rings. The average molecular weight is 283 g/mol. The lowest BCUT2D eigenvalue weighted by Gasteiger charge is -2.34. The Hall–Kier alpha value is -1.30. The Balaban J connectivity index is 1.88. The Morgan fingerprint density at radius 1 is 1.58 bits per heavy atom. The zero-order chi connectivity index (χ0) is 13.9. The summed E-state index contributed by atoms with van der Waals surface area (Å²) in [6.45, 7) is 7.11. The van der Waals surface area contributed by atoms with Crippen molar-refractivity contribution in [3.63, 3.8) is 0 Å². The molecule has 0 radical (unpaired) electrons. The van der Waals surface area contributed by atoms with Crippen molar-refractivity contribution in [1.29, 1.82) is 0 Å². The fraction of sp³-hybridized carbons (Fsp3) is 0.692. The third-order valence-corrected chi connectivity index (χ3v) is 3.54. The molecule has 1 N–H and O–H groups in total. The van der Waals surface area contributed by atoms with Crippen molar-refractivity contribution in [2.24, 2.45) is 0 Å². The minimum Gasteiger partial charge on any atom is -0.444 e. The van der Waals surface area contributed by atoms with Gasteiger partial charge in [-0.05, 0) is 33.6 Å². The van der Waals surface area contributed by atoms with Crippen LogP contribution in [-0.2, 0) is 4.74 Å². The maximum atomic E-state index is 12.0. The van der Waals surface area contributed by atoms with E-state index < -0.39 is 5.60 Å². The van der Waals surface area contributed by atoms with E-state index in [9.17, 15) is 4.79 Å². The van der Waals surface area contributed by atoms with Crippen LogP contribution in [0.15, 0.2) is 11.6 Å². The van der Waals surface area contributed by atoms with Crippen molar-refractivity contribution in [3.05, 3.63) is 11.6 Å². The summed E-state index contributed by atoms with van der Waals surface area (Å²) in [5.74, 6) is 0. The molecule has 1 aromatic rings. The van der Waals surface area contributed by atoms with Crippen LogP contribution in [0, 0.1) is 0 Å². The van der Waals surface area contributed by atoms with Crippen molar-refractivity contribution in [2.75, 3.05) is 18.4 Å².